The molecule has 0 rings (SSSR count). The van der Waals surface area contributed by atoms with Crippen molar-refractivity contribution in [2.75, 3.05) is 0 Å². The minimum absolute atomic E-state index is 0.698. The lowest BCUT2D eigenvalue weighted by atomic mass is 10.0. The molecule has 0 radical (unpaired) electrons. The Labute approximate surface area is 57.9 Å². The average Bonchev–Trinajstić information content (AvgIpc) is 1.85. The molecule has 0 aromatic heterocycles. The summed E-state index contributed by atoms with van der Waals surface area (Å²) in [5, 5.41) is 0. The molecule has 0 bridgehead atoms. The fourth-order valence-electron chi connectivity index (χ4n) is 0.843. The molecule has 0 N–H and O–H groups in total. The summed E-state index contributed by atoms with van der Waals surface area (Å²) in [6.45, 7) is 12.5. The zero-order valence-corrected chi connectivity index (χ0v) is 6.22. The lowest BCUT2D eigenvalue weighted by molar-refractivity contribution is 0.522. The van der Waals surface area contributed by atoms with Crippen molar-refractivity contribution in [2.45, 2.75) is 33.1 Å². The van der Waals surface area contributed by atoms with Crippen LogP contribution in [0.5, 0.6) is 0 Å². The van der Waals surface area contributed by atoms with Gasteiger partial charge in [0, 0.05) is 0 Å². The van der Waals surface area contributed by atoms with Gasteiger partial charge in [0.15, 0.2) is 0 Å². The second kappa shape index (κ2) is 5.50. The Hall–Kier alpha value is -0.640. The molecule has 9 heavy (non-hydrogen) atoms. The summed E-state index contributed by atoms with van der Waals surface area (Å²) in [5.74, 6) is 0.698. The SMILES string of the molecule is [C-]#[N+][CH-]CC(C)CCC. The highest BCUT2D eigenvalue weighted by Gasteiger charge is 1.93. The van der Waals surface area contributed by atoms with Gasteiger partial charge in [0.25, 0.3) is 0 Å². The summed E-state index contributed by atoms with van der Waals surface area (Å²) in [6.07, 6.45) is 3.43. The Morgan fingerprint density at radius 2 is 2.33 bits per heavy atom. The van der Waals surface area contributed by atoms with Crippen LogP contribution in [0, 0.1) is 19.0 Å². The number of rotatable bonds is 4. The summed E-state index contributed by atoms with van der Waals surface area (Å²) < 4.78 is 0. The predicted octanol–water partition coefficient (Wildman–Crippen LogP) is 2.89. The molecule has 1 nitrogen and oxygen atoms in total. The lowest BCUT2D eigenvalue weighted by Crippen LogP contribution is -1.91. The lowest BCUT2D eigenvalue weighted by Gasteiger charge is -2.08. The van der Waals surface area contributed by atoms with Crippen LogP contribution in [0.4, 0.5) is 0 Å². The molecular formula is C8H14N-. The highest BCUT2D eigenvalue weighted by Crippen LogP contribution is 2.11. The predicted molar refractivity (Wildman–Crippen MR) is 39.6 cm³/mol. The van der Waals surface area contributed by atoms with E-state index in [1.807, 2.05) is 0 Å². The Morgan fingerprint density at radius 3 is 2.78 bits per heavy atom. The van der Waals surface area contributed by atoms with E-state index in [2.05, 4.69) is 18.7 Å². The van der Waals surface area contributed by atoms with Crippen LogP contribution in [0.25, 0.3) is 4.85 Å². The van der Waals surface area contributed by atoms with Crippen LogP contribution in [0.1, 0.15) is 33.1 Å². The first-order chi connectivity index (χ1) is 4.31. The molecule has 0 aliphatic carbocycles. The highest BCUT2D eigenvalue weighted by atomic mass is 14.6. The second-order valence-electron chi connectivity index (χ2n) is 2.44. The summed E-state index contributed by atoms with van der Waals surface area (Å²) in [7, 11) is 0. The van der Waals surface area contributed by atoms with E-state index in [9.17, 15) is 0 Å². The van der Waals surface area contributed by atoms with Gasteiger partial charge in [-0.2, -0.15) is 0 Å². The van der Waals surface area contributed by atoms with E-state index < -0.39 is 0 Å². The van der Waals surface area contributed by atoms with Gasteiger partial charge in [-0.05, 0) is 6.54 Å². The molecule has 0 aromatic rings. The van der Waals surface area contributed by atoms with Crippen LogP contribution in [-0.2, 0) is 0 Å². The third-order valence-electron chi connectivity index (χ3n) is 1.38. The van der Waals surface area contributed by atoms with Gasteiger partial charge in [-0.15, -0.1) is 0 Å². The van der Waals surface area contributed by atoms with Crippen molar-refractivity contribution in [3.63, 3.8) is 0 Å². The Morgan fingerprint density at radius 1 is 1.67 bits per heavy atom. The average molecular weight is 124 g/mol. The van der Waals surface area contributed by atoms with Crippen molar-refractivity contribution >= 4 is 0 Å². The maximum atomic E-state index is 6.50. The second-order valence-corrected chi connectivity index (χ2v) is 2.44. The van der Waals surface area contributed by atoms with Gasteiger partial charge in [0.2, 0.25) is 0 Å². The largest absolute Gasteiger partial charge is 0.461 e. The van der Waals surface area contributed by atoms with Crippen LogP contribution in [0.15, 0.2) is 0 Å². The van der Waals surface area contributed by atoms with E-state index in [0.29, 0.717) is 5.92 Å². The zero-order valence-electron chi connectivity index (χ0n) is 6.22. The van der Waals surface area contributed by atoms with Crippen LogP contribution < -0.4 is 0 Å². The van der Waals surface area contributed by atoms with Gasteiger partial charge in [0.1, 0.15) is 0 Å². The Bertz CT molecular complexity index is 91.2. The Balaban J connectivity index is 3.07. The first kappa shape index (κ1) is 8.36. The molecule has 1 heteroatoms. The van der Waals surface area contributed by atoms with E-state index in [1.165, 1.54) is 12.8 Å². The number of hydrogen-bond donors (Lipinski definition) is 0. The summed E-state index contributed by atoms with van der Waals surface area (Å²) in [4.78, 5) is 3.18. The molecule has 0 saturated carbocycles. The van der Waals surface area contributed by atoms with E-state index in [4.69, 9.17) is 6.57 Å². The Kier molecular flexibility index (Phi) is 5.11. The third-order valence-corrected chi connectivity index (χ3v) is 1.38. The molecule has 1 atom stereocenters. The quantitative estimate of drug-likeness (QED) is 0.507. The molecule has 0 amide bonds. The molecule has 0 saturated heterocycles. The van der Waals surface area contributed by atoms with Crippen LogP contribution in [0.2, 0.25) is 0 Å². The maximum Gasteiger partial charge on any atom is -0.0407 e. The van der Waals surface area contributed by atoms with E-state index in [0.717, 1.165) is 6.42 Å². The van der Waals surface area contributed by atoms with Crippen LogP contribution >= 0.6 is 0 Å². The van der Waals surface area contributed by atoms with E-state index >= 15 is 0 Å². The molecule has 1 unspecified atom stereocenters. The molecule has 0 aliphatic heterocycles. The van der Waals surface area contributed by atoms with Crippen molar-refractivity contribution < 1.29 is 0 Å². The van der Waals surface area contributed by atoms with Gasteiger partial charge < -0.3 is 4.85 Å². The molecule has 0 aromatic carbocycles. The molecular weight excluding hydrogens is 110 g/mol. The van der Waals surface area contributed by atoms with Crippen molar-refractivity contribution in [1.82, 2.24) is 0 Å². The third kappa shape index (κ3) is 5.23. The normalized spacial score (nSPS) is 12.1. The highest BCUT2D eigenvalue weighted by molar-refractivity contribution is 4.76. The van der Waals surface area contributed by atoms with Gasteiger partial charge in [-0.1, -0.05) is 39.0 Å². The van der Waals surface area contributed by atoms with Gasteiger partial charge in [-0.3, -0.25) is 6.57 Å². The smallest absolute Gasteiger partial charge is 0.0407 e. The molecule has 0 fully saturated rings. The fraction of sp³-hybridized carbons (Fsp3) is 0.750. The zero-order chi connectivity index (χ0) is 7.11. The number of nitrogens with zero attached hydrogens (tertiary/aromatic N) is 1. The molecule has 0 spiro atoms. The minimum atomic E-state index is 0.698. The fourth-order valence-corrected chi connectivity index (χ4v) is 0.843. The summed E-state index contributed by atoms with van der Waals surface area (Å²) in [6, 6.07) is 0. The standard InChI is InChI=1S/C8H14N/c1-4-5-8(2)6-7-9-3/h7-8H,4-6H2,1-2H3/q-1. The van der Waals surface area contributed by atoms with Gasteiger partial charge in [0.05, 0.1) is 0 Å². The van der Waals surface area contributed by atoms with Crippen molar-refractivity contribution in [1.29, 1.82) is 0 Å². The van der Waals surface area contributed by atoms with Gasteiger partial charge in [-0.25, -0.2) is 0 Å². The number of hydrogen-bond acceptors (Lipinski definition) is 0. The summed E-state index contributed by atoms with van der Waals surface area (Å²) in [5.41, 5.74) is 0. The molecule has 52 valence electrons. The van der Waals surface area contributed by atoms with Gasteiger partial charge >= 0.3 is 0 Å². The first-order valence-electron chi connectivity index (χ1n) is 3.49. The van der Waals surface area contributed by atoms with Crippen molar-refractivity contribution in [2.24, 2.45) is 5.92 Å². The van der Waals surface area contributed by atoms with E-state index in [1.54, 1.807) is 6.54 Å². The van der Waals surface area contributed by atoms with Crippen LogP contribution in [-0.4, -0.2) is 0 Å². The topological polar surface area (TPSA) is 4.36 Å². The summed E-state index contributed by atoms with van der Waals surface area (Å²) >= 11 is 0. The van der Waals surface area contributed by atoms with Crippen molar-refractivity contribution in [3.8, 4) is 0 Å². The monoisotopic (exact) mass is 124 g/mol. The van der Waals surface area contributed by atoms with Crippen LogP contribution in [0.3, 0.4) is 0 Å². The minimum Gasteiger partial charge on any atom is -0.461 e. The molecule has 0 heterocycles. The van der Waals surface area contributed by atoms with Crippen molar-refractivity contribution in [3.05, 3.63) is 18.0 Å². The first-order valence-corrected chi connectivity index (χ1v) is 3.49. The maximum absolute atomic E-state index is 6.50. The van der Waals surface area contributed by atoms with E-state index in [-0.39, 0.29) is 0 Å². The molecule has 0 aliphatic rings.